The van der Waals surface area contributed by atoms with E-state index < -0.39 is 6.10 Å². The minimum Gasteiger partial charge on any atom is -0.480 e. The van der Waals surface area contributed by atoms with E-state index in [9.17, 15) is 4.79 Å². The third kappa shape index (κ3) is 2.42. The van der Waals surface area contributed by atoms with Gasteiger partial charge in [-0.3, -0.25) is 4.79 Å². The average molecular weight is 317 g/mol. The van der Waals surface area contributed by atoms with Gasteiger partial charge in [-0.15, -0.1) is 0 Å². The van der Waals surface area contributed by atoms with Crippen molar-refractivity contribution in [1.29, 1.82) is 0 Å². The number of anilines is 1. The van der Waals surface area contributed by atoms with Gasteiger partial charge in [-0.25, -0.2) is 0 Å². The molecule has 1 amide bonds. The number of ether oxygens (including phenoxy) is 1. The summed E-state index contributed by atoms with van der Waals surface area (Å²) in [5, 5.41) is 2.22. The first-order chi connectivity index (χ1) is 11.8. The summed E-state index contributed by atoms with van der Waals surface area (Å²) in [5.74, 6) is 0.842. The van der Waals surface area contributed by atoms with Crippen molar-refractivity contribution in [3.05, 3.63) is 72.3 Å². The highest BCUT2D eigenvalue weighted by Gasteiger charge is 2.32. The van der Waals surface area contributed by atoms with Crippen LogP contribution >= 0.6 is 0 Å². The van der Waals surface area contributed by atoms with E-state index in [-0.39, 0.29) is 5.91 Å². The SMILES string of the molecule is CCN(C(=O)C1Cc2ccccc2O1)c1cccc2ccccc12. The highest BCUT2D eigenvalue weighted by molar-refractivity contribution is 6.05. The number of benzene rings is 3. The summed E-state index contributed by atoms with van der Waals surface area (Å²) in [4.78, 5) is 14.9. The molecule has 0 aromatic heterocycles. The Balaban J connectivity index is 1.68. The van der Waals surface area contributed by atoms with Crippen molar-refractivity contribution in [2.75, 3.05) is 11.4 Å². The second kappa shape index (κ2) is 6.00. The number of amides is 1. The Bertz CT molecular complexity index is 873. The van der Waals surface area contributed by atoms with E-state index in [4.69, 9.17) is 4.74 Å². The average Bonchev–Trinajstić information content (AvgIpc) is 3.06. The van der Waals surface area contributed by atoms with Gasteiger partial charge < -0.3 is 9.64 Å². The van der Waals surface area contributed by atoms with Gasteiger partial charge in [0.2, 0.25) is 0 Å². The first-order valence-electron chi connectivity index (χ1n) is 8.31. The molecule has 1 aliphatic heterocycles. The molecule has 1 aliphatic rings. The maximum absolute atomic E-state index is 13.1. The van der Waals surface area contributed by atoms with Crippen LogP contribution in [0.25, 0.3) is 10.8 Å². The lowest BCUT2D eigenvalue weighted by molar-refractivity contribution is -0.124. The molecule has 3 nitrogen and oxygen atoms in total. The van der Waals surface area contributed by atoms with Gasteiger partial charge in [0.05, 0.1) is 5.69 Å². The Morgan fingerprint density at radius 2 is 1.79 bits per heavy atom. The number of hydrogen-bond acceptors (Lipinski definition) is 2. The molecule has 4 rings (SSSR count). The molecule has 3 aromatic rings. The lowest BCUT2D eigenvalue weighted by Crippen LogP contribution is -2.41. The van der Waals surface area contributed by atoms with Gasteiger partial charge in [-0.05, 0) is 30.0 Å². The largest absolute Gasteiger partial charge is 0.480 e. The van der Waals surface area contributed by atoms with Crippen molar-refractivity contribution in [2.24, 2.45) is 0 Å². The number of hydrogen-bond donors (Lipinski definition) is 0. The highest BCUT2D eigenvalue weighted by atomic mass is 16.5. The van der Waals surface area contributed by atoms with Crippen LogP contribution in [-0.4, -0.2) is 18.6 Å². The van der Waals surface area contributed by atoms with Crippen molar-refractivity contribution in [2.45, 2.75) is 19.4 Å². The summed E-state index contributed by atoms with van der Waals surface area (Å²) in [7, 11) is 0. The van der Waals surface area contributed by atoms with Crippen LogP contribution in [0.3, 0.4) is 0 Å². The monoisotopic (exact) mass is 317 g/mol. The van der Waals surface area contributed by atoms with E-state index >= 15 is 0 Å². The molecule has 1 unspecified atom stereocenters. The molecule has 0 aliphatic carbocycles. The van der Waals surface area contributed by atoms with E-state index in [0.29, 0.717) is 13.0 Å². The number of nitrogens with zero attached hydrogens (tertiary/aromatic N) is 1. The van der Waals surface area contributed by atoms with Crippen LogP contribution < -0.4 is 9.64 Å². The Kier molecular flexibility index (Phi) is 3.69. The number of carbonyl (C=O) groups is 1. The van der Waals surface area contributed by atoms with E-state index in [2.05, 4.69) is 18.2 Å². The number of fused-ring (bicyclic) bond motifs is 2. The molecule has 0 radical (unpaired) electrons. The first-order valence-corrected chi connectivity index (χ1v) is 8.31. The lowest BCUT2D eigenvalue weighted by atomic mass is 10.1. The topological polar surface area (TPSA) is 29.5 Å². The van der Waals surface area contributed by atoms with Gasteiger partial charge in [0.25, 0.3) is 5.91 Å². The van der Waals surface area contributed by atoms with Gasteiger partial charge in [0.1, 0.15) is 5.75 Å². The predicted octanol–water partition coefficient (Wildman–Crippen LogP) is 4.20. The molecule has 0 saturated heterocycles. The molecular formula is C21H19NO2. The zero-order chi connectivity index (χ0) is 16.5. The van der Waals surface area contributed by atoms with E-state index in [1.54, 1.807) is 0 Å². The summed E-state index contributed by atoms with van der Waals surface area (Å²) >= 11 is 0. The third-order valence-electron chi connectivity index (χ3n) is 4.56. The van der Waals surface area contributed by atoms with Crippen LogP contribution in [0.4, 0.5) is 5.69 Å². The fourth-order valence-corrected chi connectivity index (χ4v) is 3.38. The number of likely N-dealkylation sites (N-methyl/N-ethyl adjacent to an activating group) is 1. The normalized spacial score (nSPS) is 15.8. The van der Waals surface area contributed by atoms with Crippen molar-refractivity contribution in [1.82, 2.24) is 0 Å². The standard InChI is InChI=1S/C21H19NO2/c1-2-22(18-12-7-10-15-8-3-5-11-17(15)18)21(23)20-14-16-9-4-6-13-19(16)24-20/h3-13,20H,2,14H2,1H3. The summed E-state index contributed by atoms with van der Waals surface area (Å²) in [6.45, 7) is 2.62. The molecule has 3 heteroatoms. The van der Waals surface area contributed by atoms with Crippen molar-refractivity contribution < 1.29 is 9.53 Å². The summed E-state index contributed by atoms with van der Waals surface area (Å²) in [5.41, 5.74) is 2.05. The highest BCUT2D eigenvalue weighted by Crippen LogP contribution is 2.32. The molecule has 0 N–H and O–H groups in total. The van der Waals surface area contributed by atoms with Crippen molar-refractivity contribution >= 4 is 22.4 Å². The summed E-state index contributed by atoms with van der Waals surface area (Å²) in [6.07, 6.45) is 0.192. The molecule has 120 valence electrons. The van der Waals surface area contributed by atoms with E-state index in [1.807, 2.05) is 60.4 Å². The maximum Gasteiger partial charge on any atom is 0.268 e. The van der Waals surface area contributed by atoms with Crippen molar-refractivity contribution in [3.8, 4) is 5.75 Å². The first kappa shape index (κ1) is 14.8. The molecule has 0 fully saturated rings. The van der Waals surface area contributed by atoms with E-state index in [0.717, 1.165) is 27.8 Å². The van der Waals surface area contributed by atoms with Crippen LogP contribution in [0.15, 0.2) is 66.7 Å². The van der Waals surface area contributed by atoms with Gasteiger partial charge in [-0.1, -0.05) is 54.6 Å². The predicted molar refractivity (Wildman–Crippen MR) is 96.5 cm³/mol. The Hall–Kier alpha value is -2.81. The molecule has 3 aromatic carbocycles. The lowest BCUT2D eigenvalue weighted by Gasteiger charge is -2.25. The fraction of sp³-hybridized carbons (Fsp3) is 0.190. The second-order valence-electron chi connectivity index (χ2n) is 6.00. The Morgan fingerprint density at radius 1 is 1.04 bits per heavy atom. The Morgan fingerprint density at radius 3 is 2.62 bits per heavy atom. The van der Waals surface area contributed by atoms with Gasteiger partial charge >= 0.3 is 0 Å². The fourth-order valence-electron chi connectivity index (χ4n) is 3.38. The summed E-state index contributed by atoms with van der Waals surface area (Å²) < 4.78 is 5.89. The zero-order valence-corrected chi connectivity index (χ0v) is 13.6. The molecular weight excluding hydrogens is 298 g/mol. The zero-order valence-electron chi connectivity index (χ0n) is 13.6. The minimum atomic E-state index is -0.443. The maximum atomic E-state index is 13.1. The van der Waals surface area contributed by atoms with Gasteiger partial charge in [0.15, 0.2) is 6.10 Å². The molecule has 0 saturated carbocycles. The summed E-state index contributed by atoms with van der Waals surface area (Å²) in [6, 6.07) is 22.1. The molecule has 1 atom stereocenters. The van der Waals surface area contributed by atoms with Gasteiger partial charge in [0, 0.05) is 18.4 Å². The molecule has 0 bridgehead atoms. The molecule has 1 heterocycles. The smallest absolute Gasteiger partial charge is 0.268 e. The second-order valence-corrected chi connectivity index (χ2v) is 6.00. The van der Waals surface area contributed by atoms with Crippen LogP contribution in [-0.2, 0) is 11.2 Å². The quantitative estimate of drug-likeness (QED) is 0.724. The van der Waals surface area contributed by atoms with E-state index in [1.165, 1.54) is 0 Å². The third-order valence-corrected chi connectivity index (χ3v) is 4.56. The molecule has 0 spiro atoms. The number of rotatable bonds is 3. The van der Waals surface area contributed by atoms with Crippen LogP contribution in [0.2, 0.25) is 0 Å². The Labute approximate surface area is 141 Å². The van der Waals surface area contributed by atoms with Crippen LogP contribution in [0.1, 0.15) is 12.5 Å². The van der Waals surface area contributed by atoms with Gasteiger partial charge in [-0.2, -0.15) is 0 Å². The molecule has 24 heavy (non-hydrogen) atoms. The van der Waals surface area contributed by atoms with Crippen LogP contribution in [0, 0.1) is 0 Å². The van der Waals surface area contributed by atoms with Crippen molar-refractivity contribution in [3.63, 3.8) is 0 Å². The number of carbonyl (C=O) groups excluding carboxylic acids is 1. The van der Waals surface area contributed by atoms with Crippen LogP contribution in [0.5, 0.6) is 5.75 Å². The number of para-hydroxylation sites is 1. The minimum absolute atomic E-state index is 0.0186.